The molecular weight excluding hydrogens is 1160 g/mol. The predicted molar refractivity (Wildman–Crippen MR) is 323 cm³/mol. The Morgan fingerprint density at radius 3 is 1.58 bits per heavy atom. The van der Waals surface area contributed by atoms with Gasteiger partial charge in [-0.15, -0.1) is 0 Å². The van der Waals surface area contributed by atoms with Gasteiger partial charge in [0.05, 0.1) is 31.8 Å². The van der Waals surface area contributed by atoms with E-state index in [-0.39, 0.29) is 38.2 Å². The van der Waals surface area contributed by atoms with Crippen LogP contribution in [0.25, 0.3) is 0 Å². The number of likely N-dealkylation sites (N-methyl/N-ethyl adjacent to an activating group) is 1. The standard InChI is InChI=1S/C58H95N15O16/c1-11-28(5)42(70-49(80)37(61-10)22-33-18-16-15-17-19-33)53(84)67-39(26-75)51(82)65-36(20-21-41(59)77)48(79)69-44(30(7)13-3)55(86)71-43(29(6)12-2)54(85)68-40(27-76)52(83)72-45-32(9)89-57(88)46(34(14-4)25-74)73-50(81)38(23-35-24-62-58(60)64-35)66-47(78)31(8)63-56(45)87/h15-19,28-32,34-40,42-46,61,74-76H,11-14,20-27H2,1-10H3,(H2,59,77)(H,63,87)(H,65,82)(H,66,78)(H,67,84)(H,68,85)(H,69,79)(H,70,80)(H,71,86)(H,72,83)(H,73,81)(H3,60,62,64)/t28-,29-,30-,31-,32-,34+,35-,36+,37+,38-,39-,40-,42-,43-,44+,45+,46-/m0/s1. The summed E-state index contributed by atoms with van der Waals surface area (Å²) in [6.45, 7) is 11.7. The second-order valence-corrected chi connectivity index (χ2v) is 22.8. The number of aliphatic hydroxyl groups is 3. The highest BCUT2D eigenvalue weighted by molar-refractivity contribution is 6.00. The number of hydrogen-bond acceptors (Lipinski definition) is 20. The number of amides is 11. The minimum absolute atomic E-state index is 0.0705. The number of ether oxygens (including phenoxy) is 1. The highest BCUT2D eigenvalue weighted by Crippen LogP contribution is 2.18. The van der Waals surface area contributed by atoms with Gasteiger partial charge in [-0.2, -0.15) is 0 Å². The molecule has 1 saturated heterocycles. The first kappa shape index (κ1) is 75.2. The van der Waals surface area contributed by atoms with Crippen LogP contribution in [0.5, 0.6) is 0 Å². The monoisotopic (exact) mass is 1260 g/mol. The van der Waals surface area contributed by atoms with Crippen molar-refractivity contribution in [2.45, 2.75) is 192 Å². The molecule has 1 aromatic carbocycles. The van der Waals surface area contributed by atoms with E-state index in [0.717, 1.165) is 5.56 Å². The Balaban J connectivity index is 1.86. The van der Waals surface area contributed by atoms with E-state index < -0.39 is 206 Å². The molecule has 3 rings (SSSR count). The average Bonchev–Trinajstić information content (AvgIpc) is 2.84. The largest absolute Gasteiger partial charge is 0.458 e. The number of aliphatic hydroxyl groups excluding tert-OH is 3. The van der Waals surface area contributed by atoms with E-state index in [9.17, 15) is 72.9 Å². The molecule has 17 atom stereocenters. The Labute approximate surface area is 518 Å². The number of aliphatic imine (C=N–C) groups is 1. The molecule has 1 fully saturated rings. The van der Waals surface area contributed by atoms with Crippen molar-refractivity contribution in [2.75, 3.05) is 33.4 Å². The lowest BCUT2D eigenvalue weighted by Gasteiger charge is -2.31. The summed E-state index contributed by atoms with van der Waals surface area (Å²) in [7, 11) is 1.59. The maximum Gasteiger partial charge on any atom is 0.329 e. The number of carbonyl (C=O) groups is 12. The molecule has 0 aliphatic carbocycles. The second-order valence-electron chi connectivity index (χ2n) is 22.8. The van der Waals surface area contributed by atoms with Crippen molar-refractivity contribution in [1.29, 1.82) is 0 Å². The third-order valence-corrected chi connectivity index (χ3v) is 16.1. The Kier molecular flexibility index (Phi) is 31.3. The molecule has 11 amide bonds. The van der Waals surface area contributed by atoms with E-state index in [1.165, 1.54) is 13.8 Å². The molecule has 0 bridgehead atoms. The van der Waals surface area contributed by atoms with Gasteiger partial charge in [-0.25, -0.2) is 4.79 Å². The lowest BCUT2D eigenvalue weighted by Crippen LogP contribution is -2.63. The van der Waals surface area contributed by atoms with E-state index in [0.29, 0.717) is 12.8 Å². The van der Waals surface area contributed by atoms with Gasteiger partial charge in [-0.05, 0) is 69.9 Å². The molecular formula is C58H95N15O16. The summed E-state index contributed by atoms with van der Waals surface area (Å²) >= 11 is 0. The molecule has 31 nitrogen and oxygen atoms in total. The van der Waals surface area contributed by atoms with Crippen molar-refractivity contribution in [3.05, 3.63) is 35.9 Å². The number of primary amides is 1. The van der Waals surface area contributed by atoms with Gasteiger partial charge in [0.15, 0.2) is 5.96 Å². The van der Waals surface area contributed by atoms with Crippen LogP contribution in [0.1, 0.15) is 113 Å². The van der Waals surface area contributed by atoms with E-state index in [1.807, 2.05) is 30.3 Å². The SMILES string of the molecule is CC[C@H](CO)[C@@H]1NC(=O)[C@H](C[C@H]2CN=C(N)N2)NC(=O)[C@H](C)NC(=O)[C@H](NC(=O)[C@H](CO)NC(=O)[C@@H](NC(=O)[C@H](NC(=O)[C@@H](CCC(N)=O)NC(=O)[C@H](CO)NC(=O)[C@@H](NC(=O)[C@@H](Cc2ccccc2)NC)[C@@H](C)CC)[C@@H](C)CC)[C@@H](C)CC)[C@H](C)OC1=O. The number of nitrogens with zero attached hydrogens (tertiary/aromatic N) is 1. The Morgan fingerprint density at radius 1 is 0.618 bits per heavy atom. The van der Waals surface area contributed by atoms with Gasteiger partial charge in [-0.3, -0.25) is 57.7 Å². The van der Waals surface area contributed by atoms with Gasteiger partial charge in [0.2, 0.25) is 65.0 Å². The minimum atomic E-state index is -1.86. The first-order valence-electron chi connectivity index (χ1n) is 30.2. The summed E-state index contributed by atoms with van der Waals surface area (Å²) in [5, 5.41) is 62.2. The number of cyclic esters (lactones) is 1. The van der Waals surface area contributed by atoms with E-state index in [2.05, 4.69) is 68.8 Å². The van der Waals surface area contributed by atoms with Gasteiger partial charge in [0.25, 0.3) is 0 Å². The number of rotatable bonds is 33. The van der Waals surface area contributed by atoms with Gasteiger partial charge in [0.1, 0.15) is 66.5 Å². The quantitative estimate of drug-likeness (QED) is 0.0292. The number of hydrogen-bond donors (Lipinski definition) is 17. The van der Waals surface area contributed by atoms with Crippen LogP contribution >= 0.6 is 0 Å². The molecule has 31 heteroatoms. The molecule has 2 aliphatic rings. The van der Waals surface area contributed by atoms with Gasteiger partial charge >= 0.3 is 5.97 Å². The van der Waals surface area contributed by atoms with Crippen LogP contribution in [-0.2, 0) is 68.7 Å². The molecule has 0 saturated carbocycles. The molecule has 498 valence electrons. The number of benzene rings is 1. The van der Waals surface area contributed by atoms with Crippen molar-refractivity contribution in [2.24, 2.45) is 40.1 Å². The summed E-state index contributed by atoms with van der Waals surface area (Å²) in [6.07, 6.45) is -1.18. The van der Waals surface area contributed by atoms with Crippen LogP contribution in [0.15, 0.2) is 35.3 Å². The number of esters is 1. The topological polar surface area (TPSA) is 484 Å². The fourth-order valence-electron chi connectivity index (χ4n) is 9.66. The lowest BCUT2D eigenvalue weighted by molar-refractivity contribution is -0.158. The third kappa shape index (κ3) is 22.8. The zero-order valence-electron chi connectivity index (χ0n) is 52.4. The van der Waals surface area contributed by atoms with Crippen LogP contribution in [0.4, 0.5) is 0 Å². The summed E-state index contributed by atoms with van der Waals surface area (Å²) in [5.74, 6) is -14.0. The Hall–Kier alpha value is -8.03. The summed E-state index contributed by atoms with van der Waals surface area (Å²) in [6, 6.07) is -7.43. The fourth-order valence-corrected chi connectivity index (χ4v) is 9.66. The molecule has 19 N–H and O–H groups in total. The van der Waals surface area contributed by atoms with Crippen molar-refractivity contribution in [3.8, 4) is 0 Å². The van der Waals surface area contributed by atoms with E-state index in [1.54, 1.807) is 55.5 Å². The predicted octanol–water partition coefficient (Wildman–Crippen LogP) is -5.29. The molecule has 2 aliphatic heterocycles. The number of carbonyl (C=O) groups excluding carboxylic acids is 12. The van der Waals surface area contributed by atoms with Gasteiger partial charge in [-0.1, -0.05) is 98.1 Å². The smallest absolute Gasteiger partial charge is 0.329 e. The number of nitrogens with two attached hydrogens (primary N) is 2. The van der Waals surface area contributed by atoms with E-state index in [4.69, 9.17) is 16.2 Å². The van der Waals surface area contributed by atoms with Crippen LogP contribution in [-0.4, -0.2) is 204 Å². The summed E-state index contributed by atoms with van der Waals surface area (Å²) in [4.78, 5) is 170. The first-order chi connectivity index (χ1) is 42.1. The zero-order valence-corrected chi connectivity index (χ0v) is 52.4. The average molecular weight is 1260 g/mol. The highest BCUT2D eigenvalue weighted by atomic mass is 16.5. The Morgan fingerprint density at radius 2 is 1.11 bits per heavy atom. The molecule has 0 radical (unpaired) electrons. The van der Waals surface area contributed by atoms with Crippen molar-refractivity contribution in [3.63, 3.8) is 0 Å². The normalized spacial score (nSPS) is 22.6. The molecule has 0 spiro atoms. The summed E-state index contributed by atoms with van der Waals surface area (Å²) < 4.78 is 5.68. The van der Waals surface area contributed by atoms with Crippen molar-refractivity contribution in [1.82, 2.24) is 63.8 Å². The van der Waals surface area contributed by atoms with Gasteiger partial charge < -0.3 is 95.3 Å². The lowest BCUT2D eigenvalue weighted by atomic mass is 9.94. The van der Waals surface area contributed by atoms with Crippen molar-refractivity contribution < 1.29 is 77.6 Å². The Bertz CT molecular complexity index is 2630. The van der Waals surface area contributed by atoms with Crippen LogP contribution in [0, 0.1) is 23.7 Å². The fraction of sp³-hybridized carbons (Fsp3) is 0.672. The van der Waals surface area contributed by atoms with Crippen LogP contribution < -0.4 is 75.3 Å². The third-order valence-electron chi connectivity index (χ3n) is 16.1. The number of guanidine groups is 1. The molecule has 1 aromatic rings. The minimum Gasteiger partial charge on any atom is -0.458 e. The molecule has 89 heavy (non-hydrogen) atoms. The number of nitrogens with one attached hydrogen (secondary N) is 12. The van der Waals surface area contributed by atoms with E-state index >= 15 is 0 Å². The van der Waals surface area contributed by atoms with Crippen LogP contribution in [0.3, 0.4) is 0 Å². The van der Waals surface area contributed by atoms with Crippen molar-refractivity contribution >= 4 is 76.9 Å². The highest BCUT2D eigenvalue weighted by Gasteiger charge is 2.42. The van der Waals surface area contributed by atoms with Crippen LogP contribution in [0.2, 0.25) is 0 Å². The molecule has 0 aromatic heterocycles. The maximum absolute atomic E-state index is 14.4. The molecule has 2 heterocycles. The molecule has 0 unspecified atom stereocenters. The second kappa shape index (κ2) is 37.1. The first-order valence-corrected chi connectivity index (χ1v) is 30.2. The summed E-state index contributed by atoms with van der Waals surface area (Å²) in [5.41, 5.74) is 12.1. The zero-order chi connectivity index (χ0) is 66.8. The maximum atomic E-state index is 14.4. The van der Waals surface area contributed by atoms with Gasteiger partial charge in [0, 0.05) is 18.9 Å².